The third kappa shape index (κ3) is 3.91. The number of rotatable bonds is 6. The standard InChI is InChI=1S/C14H19NO4/c1-5-7-10-8-12(17-3)13(18-4)9-11(10)15-14(16)19-6-2/h5,8-9H,1,6-7H2,2-4H3,(H,15,16). The van der Waals surface area contributed by atoms with Crippen molar-refractivity contribution in [3.8, 4) is 11.5 Å². The van der Waals surface area contributed by atoms with Gasteiger partial charge in [0.1, 0.15) is 0 Å². The van der Waals surface area contributed by atoms with Crippen molar-refractivity contribution in [2.75, 3.05) is 26.1 Å². The van der Waals surface area contributed by atoms with E-state index in [0.29, 0.717) is 30.2 Å². The maximum atomic E-state index is 11.5. The highest BCUT2D eigenvalue weighted by Crippen LogP contribution is 2.33. The molecule has 5 nitrogen and oxygen atoms in total. The number of anilines is 1. The number of allylic oxidation sites excluding steroid dienone is 1. The first-order valence-electron chi connectivity index (χ1n) is 5.95. The lowest BCUT2D eigenvalue weighted by atomic mass is 10.1. The molecule has 0 spiro atoms. The van der Waals surface area contributed by atoms with Crippen molar-refractivity contribution < 1.29 is 19.0 Å². The minimum atomic E-state index is -0.500. The van der Waals surface area contributed by atoms with Crippen molar-refractivity contribution in [3.63, 3.8) is 0 Å². The first-order valence-corrected chi connectivity index (χ1v) is 5.95. The Morgan fingerprint density at radius 1 is 1.32 bits per heavy atom. The van der Waals surface area contributed by atoms with Crippen molar-refractivity contribution in [2.45, 2.75) is 13.3 Å². The van der Waals surface area contributed by atoms with Crippen LogP contribution in [0.5, 0.6) is 11.5 Å². The molecule has 0 atom stereocenters. The topological polar surface area (TPSA) is 56.8 Å². The number of amides is 1. The molecule has 0 aliphatic heterocycles. The maximum Gasteiger partial charge on any atom is 0.411 e. The summed E-state index contributed by atoms with van der Waals surface area (Å²) in [6.45, 7) is 5.76. The highest BCUT2D eigenvalue weighted by molar-refractivity contribution is 5.86. The highest BCUT2D eigenvalue weighted by Gasteiger charge is 2.12. The molecule has 0 radical (unpaired) electrons. The third-order valence-electron chi connectivity index (χ3n) is 2.49. The molecule has 0 aliphatic carbocycles. The number of methoxy groups -OCH3 is 2. The van der Waals surface area contributed by atoms with E-state index in [4.69, 9.17) is 14.2 Å². The van der Waals surface area contributed by atoms with Crippen molar-refractivity contribution in [2.24, 2.45) is 0 Å². The zero-order chi connectivity index (χ0) is 14.3. The molecule has 5 heteroatoms. The van der Waals surface area contributed by atoms with E-state index in [9.17, 15) is 4.79 Å². The van der Waals surface area contributed by atoms with Crippen molar-refractivity contribution in [1.82, 2.24) is 0 Å². The molecule has 0 saturated heterocycles. The highest BCUT2D eigenvalue weighted by atomic mass is 16.5. The Bertz CT molecular complexity index is 457. The number of hydrogen-bond acceptors (Lipinski definition) is 4. The van der Waals surface area contributed by atoms with E-state index in [1.165, 1.54) is 0 Å². The van der Waals surface area contributed by atoms with Crippen molar-refractivity contribution in [1.29, 1.82) is 0 Å². The van der Waals surface area contributed by atoms with E-state index in [1.807, 2.05) is 6.07 Å². The van der Waals surface area contributed by atoms with E-state index in [-0.39, 0.29) is 0 Å². The van der Waals surface area contributed by atoms with Gasteiger partial charge >= 0.3 is 6.09 Å². The Morgan fingerprint density at radius 3 is 2.47 bits per heavy atom. The smallest absolute Gasteiger partial charge is 0.411 e. The second-order valence-electron chi connectivity index (χ2n) is 3.70. The van der Waals surface area contributed by atoms with Crippen LogP contribution in [0.3, 0.4) is 0 Å². The Morgan fingerprint density at radius 2 is 1.95 bits per heavy atom. The van der Waals surface area contributed by atoms with E-state index in [2.05, 4.69) is 11.9 Å². The van der Waals surface area contributed by atoms with Gasteiger partial charge in [0.15, 0.2) is 11.5 Å². The van der Waals surface area contributed by atoms with Crippen molar-refractivity contribution in [3.05, 3.63) is 30.4 Å². The summed E-state index contributed by atoms with van der Waals surface area (Å²) in [7, 11) is 3.10. The molecular formula is C14H19NO4. The Kier molecular flexibility index (Phi) is 5.73. The number of nitrogens with one attached hydrogen (secondary N) is 1. The molecule has 1 rings (SSSR count). The van der Waals surface area contributed by atoms with Crippen LogP contribution in [-0.4, -0.2) is 26.9 Å². The summed E-state index contributed by atoms with van der Waals surface area (Å²) in [5.74, 6) is 1.15. The number of hydrogen-bond donors (Lipinski definition) is 1. The van der Waals surface area contributed by atoms with Crippen LogP contribution in [0.15, 0.2) is 24.8 Å². The summed E-state index contributed by atoms with van der Waals surface area (Å²) in [5.41, 5.74) is 1.50. The second kappa shape index (κ2) is 7.31. The first kappa shape index (κ1) is 14.9. The second-order valence-corrected chi connectivity index (χ2v) is 3.70. The summed E-state index contributed by atoms with van der Waals surface area (Å²) in [5, 5.41) is 2.68. The fraction of sp³-hybridized carbons (Fsp3) is 0.357. The molecule has 1 aromatic carbocycles. The Hall–Kier alpha value is -2.17. The fourth-order valence-corrected chi connectivity index (χ4v) is 1.64. The van der Waals surface area contributed by atoms with Gasteiger partial charge in [-0.25, -0.2) is 4.79 Å². The summed E-state index contributed by atoms with van der Waals surface area (Å²) in [4.78, 5) is 11.5. The van der Waals surface area contributed by atoms with Gasteiger partial charge in [-0.05, 0) is 25.0 Å². The Balaban J connectivity index is 3.11. The molecule has 0 heterocycles. The Labute approximate surface area is 113 Å². The van der Waals surface area contributed by atoms with Crippen LogP contribution in [0, 0.1) is 0 Å². The molecule has 1 aromatic rings. The first-order chi connectivity index (χ1) is 9.15. The van der Waals surface area contributed by atoms with Crippen LogP contribution in [0.4, 0.5) is 10.5 Å². The molecule has 1 N–H and O–H groups in total. The van der Waals surface area contributed by atoms with Crippen LogP contribution in [0.1, 0.15) is 12.5 Å². The zero-order valence-corrected chi connectivity index (χ0v) is 11.5. The number of benzene rings is 1. The number of carbonyl (C=O) groups excluding carboxylic acids is 1. The van der Waals surface area contributed by atoms with E-state index < -0.39 is 6.09 Å². The van der Waals surface area contributed by atoms with Gasteiger partial charge in [0.25, 0.3) is 0 Å². The van der Waals surface area contributed by atoms with Gasteiger partial charge in [-0.1, -0.05) is 6.08 Å². The monoisotopic (exact) mass is 265 g/mol. The lowest BCUT2D eigenvalue weighted by molar-refractivity contribution is 0.168. The van der Waals surface area contributed by atoms with Gasteiger partial charge in [0.2, 0.25) is 0 Å². The molecule has 0 fully saturated rings. The maximum absolute atomic E-state index is 11.5. The fourth-order valence-electron chi connectivity index (χ4n) is 1.64. The van der Waals surface area contributed by atoms with E-state index in [1.54, 1.807) is 33.3 Å². The molecule has 0 aromatic heterocycles. The van der Waals surface area contributed by atoms with Gasteiger partial charge in [0, 0.05) is 6.07 Å². The third-order valence-corrected chi connectivity index (χ3v) is 2.49. The SMILES string of the molecule is C=CCc1cc(OC)c(OC)cc1NC(=O)OCC. The minimum absolute atomic E-state index is 0.315. The summed E-state index contributed by atoms with van der Waals surface area (Å²) < 4.78 is 15.3. The van der Waals surface area contributed by atoms with Crippen LogP contribution < -0.4 is 14.8 Å². The quantitative estimate of drug-likeness (QED) is 0.803. The molecule has 0 bridgehead atoms. The predicted octanol–water partition coefficient (Wildman–Crippen LogP) is 3.00. The largest absolute Gasteiger partial charge is 0.493 e. The number of carbonyl (C=O) groups is 1. The van der Waals surface area contributed by atoms with Gasteiger partial charge in [-0.3, -0.25) is 5.32 Å². The molecule has 104 valence electrons. The van der Waals surface area contributed by atoms with Crippen LogP contribution in [-0.2, 0) is 11.2 Å². The van der Waals surface area contributed by atoms with Crippen LogP contribution in [0.2, 0.25) is 0 Å². The minimum Gasteiger partial charge on any atom is -0.493 e. The molecule has 0 unspecified atom stereocenters. The van der Waals surface area contributed by atoms with Gasteiger partial charge in [-0.15, -0.1) is 6.58 Å². The van der Waals surface area contributed by atoms with Crippen molar-refractivity contribution >= 4 is 11.8 Å². The molecule has 0 saturated carbocycles. The van der Waals surface area contributed by atoms with Gasteiger partial charge in [-0.2, -0.15) is 0 Å². The summed E-state index contributed by atoms with van der Waals surface area (Å²) in [6.07, 6.45) is 1.85. The average molecular weight is 265 g/mol. The van der Waals surface area contributed by atoms with Crippen LogP contribution >= 0.6 is 0 Å². The summed E-state index contributed by atoms with van der Waals surface area (Å²) >= 11 is 0. The summed E-state index contributed by atoms with van der Waals surface area (Å²) in [6, 6.07) is 3.51. The molecular weight excluding hydrogens is 246 g/mol. The number of ether oxygens (including phenoxy) is 3. The average Bonchev–Trinajstić information content (AvgIpc) is 2.40. The molecule has 19 heavy (non-hydrogen) atoms. The lowest BCUT2D eigenvalue weighted by Gasteiger charge is -2.14. The normalized spacial score (nSPS) is 9.63. The zero-order valence-electron chi connectivity index (χ0n) is 11.5. The van der Waals surface area contributed by atoms with Crippen LogP contribution in [0.25, 0.3) is 0 Å². The van der Waals surface area contributed by atoms with Gasteiger partial charge < -0.3 is 14.2 Å². The predicted molar refractivity (Wildman–Crippen MR) is 74.1 cm³/mol. The van der Waals surface area contributed by atoms with E-state index >= 15 is 0 Å². The lowest BCUT2D eigenvalue weighted by Crippen LogP contribution is -2.14. The molecule has 0 aliphatic rings. The van der Waals surface area contributed by atoms with Gasteiger partial charge in [0.05, 0.1) is 26.5 Å². The van der Waals surface area contributed by atoms with E-state index in [0.717, 1.165) is 5.56 Å². The molecule has 1 amide bonds.